The van der Waals surface area contributed by atoms with Crippen LogP contribution in [-0.4, -0.2) is 30.3 Å². The summed E-state index contributed by atoms with van der Waals surface area (Å²) in [5, 5.41) is 14.4. The maximum absolute atomic E-state index is 12.8. The molecule has 0 saturated carbocycles. The molecule has 2 N–H and O–H groups in total. The molecule has 0 aromatic rings. The van der Waals surface area contributed by atoms with Crippen molar-refractivity contribution in [3.63, 3.8) is 0 Å². The van der Waals surface area contributed by atoms with E-state index in [0.717, 1.165) is 12.2 Å². The molecule has 0 aromatic heterocycles. The van der Waals surface area contributed by atoms with Crippen molar-refractivity contribution >= 4 is 0 Å². The van der Waals surface area contributed by atoms with Crippen molar-refractivity contribution in [2.24, 2.45) is 0 Å². The number of nitrogens with zero attached hydrogens (tertiary/aromatic N) is 1. The minimum Gasteiger partial charge on any atom is -0.299 e. The standard InChI is InChI=1S/C14H20F3N3/c1-5-7-8-12(14(15,16)17)20-11(3)9-19-13(4,6-2)10-18/h1,7-8,11-12,19-20H,6,9H2,2-4H3/b8-7+. The van der Waals surface area contributed by atoms with Gasteiger partial charge < -0.3 is 0 Å². The first kappa shape index (κ1) is 18.5. The van der Waals surface area contributed by atoms with Gasteiger partial charge in [-0.1, -0.05) is 18.9 Å². The van der Waals surface area contributed by atoms with Crippen molar-refractivity contribution in [1.29, 1.82) is 5.26 Å². The molecule has 0 saturated heterocycles. The number of rotatable bonds is 7. The van der Waals surface area contributed by atoms with Crippen LogP contribution in [-0.2, 0) is 0 Å². The lowest BCUT2D eigenvalue weighted by Crippen LogP contribution is -2.52. The summed E-state index contributed by atoms with van der Waals surface area (Å²) in [4.78, 5) is 0. The number of allylic oxidation sites excluding steroid dienone is 1. The first-order chi connectivity index (χ1) is 9.18. The van der Waals surface area contributed by atoms with Crippen molar-refractivity contribution in [3.8, 4) is 18.4 Å². The van der Waals surface area contributed by atoms with Gasteiger partial charge in [-0.2, -0.15) is 18.4 Å². The number of hydrogen-bond donors (Lipinski definition) is 2. The van der Waals surface area contributed by atoms with Crippen molar-refractivity contribution in [2.45, 2.75) is 51.0 Å². The van der Waals surface area contributed by atoms with Crippen molar-refractivity contribution in [2.75, 3.05) is 6.54 Å². The Kier molecular flexibility index (Phi) is 7.34. The number of alkyl halides is 3. The highest BCUT2D eigenvalue weighted by Crippen LogP contribution is 2.21. The highest BCUT2D eigenvalue weighted by Gasteiger charge is 2.38. The van der Waals surface area contributed by atoms with Crippen LogP contribution in [0, 0.1) is 23.7 Å². The van der Waals surface area contributed by atoms with E-state index in [1.807, 2.05) is 12.8 Å². The first-order valence-corrected chi connectivity index (χ1v) is 6.30. The van der Waals surface area contributed by atoms with Gasteiger partial charge in [-0.15, -0.1) is 6.42 Å². The van der Waals surface area contributed by atoms with E-state index < -0.39 is 23.8 Å². The zero-order valence-corrected chi connectivity index (χ0v) is 11.9. The Morgan fingerprint density at radius 2 is 2.00 bits per heavy atom. The molecule has 112 valence electrons. The van der Waals surface area contributed by atoms with Crippen LogP contribution in [0.3, 0.4) is 0 Å². The number of terminal acetylenes is 1. The Bertz CT molecular complexity index is 403. The van der Waals surface area contributed by atoms with Gasteiger partial charge in [-0.05, 0) is 26.3 Å². The lowest BCUT2D eigenvalue weighted by Gasteiger charge is -2.27. The van der Waals surface area contributed by atoms with E-state index in [9.17, 15) is 13.2 Å². The molecule has 0 bridgehead atoms. The molecule has 0 aromatic carbocycles. The van der Waals surface area contributed by atoms with Gasteiger partial charge in [0.1, 0.15) is 11.6 Å². The van der Waals surface area contributed by atoms with Gasteiger partial charge in [0.05, 0.1) is 6.07 Å². The number of halogens is 3. The molecule has 3 atom stereocenters. The number of nitriles is 1. The highest BCUT2D eigenvalue weighted by atomic mass is 19.4. The van der Waals surface area contributed by atoms with Gasteiger partial charge in [0.25, 0.3) is 0 Å². The molecule has 20 heavy (non-hydrogen) atoms. The third kappa shape index (κ3) is 6.60. The van der Waals surface area contributed by atoms with Crippen LogP contribution in [0.25, 0.3) is 0 Å². The summed E-state index contributed by atoms with van der Waals surface area (Å²) in [6.45, 7) is 5.40. The van der Waals surface area contributed by atoms with Gasteiger partial charge in [0.2, 0.25) is 0 Å². The zero-order valence-electron chi connectivity index (χ0n) is 11.9. The SMILES string of the molecule is C#C/C=C/C(NC(C)CNC(C)(C#N)CC)C(F)(F)F. The van der Waals surface area contributed by atoms with E-state index in [1.54, 1.807) is 13.8 Å². The number of nitrogens with one attached hydrogen (secondary N) is 2. The molecule has 0 radical (unpaired) electrons. The summed E-state index contributed by atoms with van der Waals surface area (Å²) in [5.41, 5.74) is -0.738. The lowest BCUT2D eigenvalue weighted by atomic mass is 10.0. The quantitative estimate of drug-likeness (QED) is 0.707. The molecular weight excluding hydrogens is 267 g/mol. The molecule has 0 aliphatic carbocycles. The van der Waals surface area contributed by atoms with Crippen LogP contribution in [0.1, 0.15) is 27.2 Å². The van der Waals surface area contributed by atoms with E-state index >= 15 is 0 Å². The van der Waals surface area contributed by atoms with Crippen LogP contribution < -0.4 is 10.6 Å². The largest absolute Gasteiger partial charge is 0.407 e. The summed E-state index contributed by atoms with van der Waals surface area (Å²) in [5.74, 6) is 2.04. The van der Waals surface area contributed by atoms with Crippen LogP contribution >= 0.6 is 0 Å². The molecule has 0 spiro atoms. The van der Waals surface area contributed by atoms with Crippen molar-refractivity contribution in [1.82, 2.24) is 10.6 Å². The fraction of sp³-hybridized carbons (Fsp3) is 0.643. The van der Waals surface area contributed by atoms with Crippen molar-refractivity contribution in [3.05, 3.63) is 12.2 Å². The number of hydrogen-bond acceptors (Lipinski definition) is 3. The topological polar surface area (TPSA) is 47.8 Å². The van der Waals surface area contributed by atoms with Crippen LogP contribution in [0.5, 0.6) is 0 Å². The third-order valence-corrected chi connectivity index (χ3v) is 2.95. The first-order valence-electron chi connectivity index (χ1n) is 6.30. The Labute approximate surface area is 118 Å². The zero-order chi connectivity index (χ0) is 15.8. The fourth-order valence-electron chi connectivity index (χ4n) is 1.40. The second-order valence-corrected chi connectivity index (χ2v) is 4.79. The molecule has 0 aliphatic heterocycles. The van der Waals surface area contributed by atoms with Crippen LogP contribution in [0.15, 0.2) is 12.2 Å². The lowest BCUT2D eigenvalue weighted by molar-refractivity contribution is -0.145. The molecule has 0 amide bonds. The average molecular weight is 287 g/mol. The van der Waals surface area contributed by atoms with E-state index in [2.05, 4.69) is 16.7 Å². The molecule has 6 heteroatoms. The maximum Gasteiger partial charge on any atom is 0.407 e. The molecule has 0 fully saturated rings. The maximum atomic E-state index is 12.8. The Balaban J connectivity index is 4.57. The van der Waals surface area contributed by atoms with Gasteiger partial charge in [0.15, 0.2) is 0 Å². The third-order valence-electron chi connectivity index (χ3n) is 2.95. The normalized spacial score (nSPS) is 18.0. The van der Waals surface area contributed by atoms with E-state index in [0.29, 0.717) is 6.42 Å². The molecule has 0 heterocycles. The predicted molar refractivity (Wildman–Crippen MR) is 72.7 cm³/mol. The van der Waals surface area contributed by atoms with Gasteiger partial charge in [-0.25, -0.2) is 0 Å². The highest BCUT2D eigenvalue weighted by molar-refractivity contribution is 5.13. The minimum absolute atomic E-state index is 0.244. The fourth-order valence-corrected chi connectivity index (χ4v) is 1.40. The van der Waals surface area contributed by atoms with Gasteiger partial charge >= 0.3 is 6.18 Å². The summed E-state index contributed by atoms with van der Waals surface area (Å²) in [7, 11) is 0. The summed E-state index contributed by atoms with van der Waals surface area (Å²) in [6, 6.07) is -0.170. The second kappa shape index (κ2) is 7.94. The van der Waals surface area contributed by atoms with E-state index in [-0.39, 0.29) is 6.54 Å². The molecule has 3 nitrogen and oxygen atoms in total. The van der Waals surface area contributed by atoms with Crippen LogP contribution in [0.4, 0.5) is 13.2 Å². The van der Waals surface area contributed by atoms with E-state index in [1.165, 1.54) is 0 Å². The summed E-state index contributed by atoms with van der Waals surface area (Å²) in [6.07, 6.45) is 3.00. The Morgan fingerprint density at radius 1 is 1.40 bits per heavy atom. The average Bonchev–Trinajstić information content (AvgIpc) is 2.39. The van der Waals surface area contributed by atoms with E-state index in [4.69, 9.17) is 11.7 Å². The molecule has 0 rings (SSSR count). The Hall–Kier alpha value is -1.50. The smallest absolute Gasteiger partial charge is 0.299 e. The molecule has 0 aliphatic rings. The monoisotopic (exact) mass is 287 g/mol. The van der Waals surface area contributed by atoms with Crippen molar-refractivity contribution < 1.29 is 13.2 Å². The Morgan fingerprint density at radius 3 is 2.40 bits per heavy atom. The summed E-state index contributed by atoms with van der Waals surface area (Å²) < 4.78 is 38.3. The van der Waals surface area contributed by atoms with Crippen LogP contribution in [0.2, 0.25) is 0 Å². The predicted octanol–water partition coefficient (Wildman–Crippen LogP) is 2.37. The summed E-state index contributed by atoms with van der Waals surface area (Å²) >= 11 is 0. The molecule has 3 unspecified atom stereocenters. The van der Waals surface area contributed by atoms with Gasteiger partial charge in [-0.3, -0.25) is 10.6 Å². The van der Waals surface area contributed by atoms with Gasteiger partial charge in [0, 0.05) is 12.6 Å². The minimum atomic E-state index is -4.41. The molecular formula is C14H20F3N3. The second-order valence-electron chi connectivity index (χ2n) is 4.79.